The highest BCUT2D eigenvalue weighted by molar-refractivity contribution is 6.33. The molecule has 26 heavy (non-hydrogen) atoms. The molecule has 0 aliphatic carbocycles. The van der Waals surface area contributed by atoms with Gasteiger partial charge in [0, 0.05) is 32.2 Å². The van der Waals surface area contributed by atoms with Gasteiger partial charge in [-0.3, -0.25) is 19.3 Å². The molecule has 0 unspecified atom stereocenters. The van der Waals surface area contributed by atoms with E-state index in [2.05, 4.69) is 15.5 Å². The predicted octanol–water partition coefficient (Wildman–Crippen LogP) is 0.820. The van der Waals surface area contributed by atoms with E-state index < -0.39 is 0 Å². The molecule has 136 valence electrons. The Bertz CT molecular complexity index is 841. The molecular weight excluding hydrogens is 358 g/mol. The van der Waals surface area contributed by atoms with Crippen LogP contribution in [-0.2, 0) is 4.79 Å². The molecule has 0 radical (unpaired) electrons. The van der Waals surface area contributed by atoms with Crippen molar-refractivity contribution >= 4 is 29.1 Å². The molecule has 9 heteroatoms. The van der Waals surface area contributed by atoms with Crippen molar-refractivity contribution in [2.24, 2.45) is 0 Å². The van der Waals surface area contributed by atoms with Crippen LogP contribution < -0.4 is 10.9 Å². The van der Waals surface area contributed by atoms with Crippen molar-refractivity contribution in [2.75, 3.05) is 38.0 Å². The van der Waals surface area contributed by atoms with E-state index in [9.17, 15) is 14.4 Å². The first-order chi connectivity index (χ1) is 12.5. The molecule has 0 spiro atoms. The first kappa shape index (κ1) is 18.1. The van der Waals surface area contributed by atoms with E-state index in [1.807, 2.05) is 4.90 Å². The SMILES string of the molecule is O=C(CN1CCN(C(=O)c2ccc(=O)[nH]n2)CC1)Nc1ccccc1Cl. The Hall–Kier alpha value is -2.71. The van der Waals surface area contributed by atoms with E-state index in [1.54, 1.807) is 29.2 Å². The molecule has 1 aliphatic heterocycles. The normalized spacial score (nSPS) is 14.9. The highest BCUT2D eigenvalue weighted by Gasteiger charge is 2.24. The number of halogens is 1. The summed E-state index contributed by atoms with van der Waals surface area (Å²) in [6.07, 6.45) is 0. The van der Waals surface area contributed by atoms with Crippen molar-refractivity contribution in [1.82, 2.24) is 20.0 Å². The molecule has 0 saturated carbocycles. The zero-order valence-corrected chi connectivity index (χ0v) is 14.7. The molecule has 1 aromatic heterocycles. The summed E-state index contributed by atoms with van der Waals surface area (Å²) in [5.41, 5.74) is 0.433. The third-order valence-electron chi connectivity index (χ3n) is 4.07. The molecule has 1 aromatic carbocycles. The summed E-state index contributed by atoms with van der Waals surface area (Å²) in [7, 11) is 0. The minimum atomic E-state index is -0.351. The lowest BCUT2D eigenvalue weighted by molar-refractivity contribution is -0.117. The zero-order valence-electron chi connectivity index (χ0n) is 13.9. The van der Waals surface area contributed by atoms with Crippen LogP contribution in [0.1, 0.15) is 10.5 Å². The largest absolute Gasteiger partial charge is 0.335 e. The summed E-state index contributed by atoms with van der Waals surface area (Å²) in [5, 5.41) is 9.29. The van der Waals surface area contributed by atoms with Gasteiger partial charge in [0.2, 0.25) is 5.91 Å². The van der Waals surface area contributed by atoms with Crippen LogP contribution in [0, 0.1) is 0 Å². The monoisotopic (exact) mass is 375 g/mol. The van der Waals surface area contributed by atoms with Crippen LogP contribution in [0.4, 0.5) is 5.69 Å². The lowest BCUT2D eigenvalue weighted by Gasteiger charge is -2.34. The third-order valence-corrected chi connectivity index (χ3v) is 4.40. The Morgan fingerprint density at radius 3 is 2.50 bits per heavy atom. The molecule has 2 N–H and O–H groups in total. The first-order valence-corrected chi connectivity index (χ1v) is 8.52. The summed E-state index contributed by atoms with van der Waals surface area (Å²) < 4.78 is 0. The smallest absolute Gasteiger partial charge is 0.274 e. The number of nitrogens with one attached hydrogen (secondary N) is 2. The van der Waals surface area contributed by atoms with Crippen LogP contribution in [-0.4, -0.2) is 64.5 Å². The van der Waals surface area contributed by atoms with Crippen molar-refractivity contribution in [2.45, 2.75) is 0 Å². The summed E-state index contributed by atoms with van der Waals surface area (Å²) >= 11 is 6.03. The summed E-state index contributed by atoms with van der Waals surface area (Å²) in [6.45, 7) is 2.35. The summed E-state index contributed by atoms with van der Waals surface area (Å²) in [5.74, 6) is -0.387. The van der Waals surface area contributed by atoms with E-state index >= 15 is 0 Å². The van der Waals surface area contributed by atoms with Crippen LogP contribution in [0.2, 0.25) is 5.02 Å². The van der Waals surface area contributed by atoms with Gasteiger partial charge in [-0.2, -0.15) is 5.10 Å². The molecule has 0 atom stereocenters. The number of aromatic nitrogens is 2. The minimum Gasteiger partial charge on any atom is -0.335 e. The van der Waals surface area contributed by atoms with Crippen molar-refractivity contribution in [3.63, 3.8) is 0 Å². The number of hydrogen-bond acceptors (Lipinski definition) is 5. The van der Waals surface area contributed by atoms with Crippen LogP contribution in [0.3, 0.4) is 0 Å². The standard InChI is InChI=1S/C17H18ClN5O3/c18-12-3-1-2-4-13(12)19-16(25)11-22-7-9-23(10-8-22)17(26)14-5-6-15(24)21-20-14/h1-6H,7-11H2,(H,19,25)(H,21,24). The van der Waals surface area contributed by atoms with Gasteiger partial charge >= 0.3 is 0 Å². The number of amides is 2. The fourth-order valence-electron chi connectivity index (χ4n) is 2.69. The number of H-pyrrole nitrogens is 1. The summed E-state index contributed by atoms with van der Waals surface area (Å²) in [6, 6.07) is 9.74. The fraction of sp³-hybridized carbons (Fsp3) is 0.294. The van der Waals surface area contributed by atoms with Crippen molar-refractivity contribution in [3.05, 3.63) is 57.5 Å². The van der Waals surface area contributed by atoms with Gasteiger partial charge in [0.05, 0.1) is 17.3 Å². The topological polar surface area (TPSA) is 98.4 Å². The van der Waals surface area contributed by atoms with Gasteiger partial charge in [-0.1, -0.05) is 23.7 Å². The maximum Gasteiger partial charge on any atom is 0.274 e. The Kier molecular flexibility index (Phi) is 5.65. The van der Waals surface area contributed by atoms with E-state index in [4.69, 9.17) is 11.6 Å². The Morgan fingerprint density at radius 1 is 1.12 bits per heavy atom. The number of rotatable bonds is 4. The minimum absolute atomic E-state index is 0.153. The van der Waals surface area contributed by atoms with Crippen LogP contribution in [0.25, 0.3) is 0 Å². The van der Waals surface area contributed by atoms with E-state index in [-0.39, 0.29) is 29.6 Å². The van der Waals surface area contributed by atoms with Crippen LogP contribution in [0.5, 0.6) is 0 Å². The molecule has 1 fully saturated rings. The number of benzene rings is 1. The second-order valence-corrected chi connectivity index (χ2v) is 6.31. The van der Waals surface area contributed by atoms with E-state index in [1.165, 1.54) is 12.1 Å². The summed E-state index contributed by atoms with van der Waals surface area (Å²) in [4.78, 5) is 39.2. The lowest BCUT2D eigenvalue weighted by Crippen LogP contribution is -2.50. The van der Waals surface area contributed by atoms with E-state index in [0.717, 1.165) is 0 Å². The number of hydrogen-bond donors (Lipinski definition) is 2. The predicted molar refractivity (Wildman–Crippen MR) is 97.3 cm³/mol. The van der Waals surface area contributed by atoms with Gasteiger partial charge in [-0.25, -0.2) is 5.10 Å². The van der Waals surface area contributed by atoms with Gasteiger partial charge in [-0.05, 0) is 18.2 Å². The zero-order chi connectivity index (χ0) is 18.5. The first-order valence-electron chi connectivity index (χ1n) is 8.14. The maximum atomic E-state index is 12.3. The van der Waals surface area contributed by atoms with Crippen LogP contribution in [0.15, 0.2) is 41.2 Å². The van der Waals surface area contributed by atoms with Gasteiger partial charge in [-0.15, -0.1) is 0 Å². The van der Waals surface area contributed by atoms with Crippen molar-refractivity contribution in [3.8, 4) is 0 Å². The van der Waals surface area contributed by atoms with Crippen molar-refractivity contribution in [1.29, 1.82) is 0 Å². The number of piperazine rings is 1. The van der Waals surface area contributed by atoms with Gasteiger partial charge in [0.15, 0.2) is 0 Å². The number of carbonyl (C=O) groups excluding carboxylic acids is 2. The number of para-hydroxylation sites is 1. The lowest BCUT2D eigenvalue weighted by atomic mass is 10.2. The van der Waals surface area contributed by atoms with Gasteiger partial charge in [0.1, 0.15) is 5.69 Å². The second-order valence-electron chi connectivity index (χ2n) is 5.90. The molecular formula is C17H18ClN5O3. The Labute approximate surface area is 154 Å². The number of anilines is 1. The Balaban J connectivity index is 1.50. The molecule has 1 aliphatic rings. The molecule has 2 amide bonds. The number of carbonyl (C=O) groups is 2. The highest BCUT2D eigenvalue weighted by Crippen LogP contribution is 2.20. The number of nitrogens with zero attached hydrogens (tertiary/aromatic N) is 3. The highest BCUT2D eigenvalue weighted by atomic mass is 35.5. The average Bonchev–Trinajstić information content (AvgIpc) is 2.64. The molecule has 2 heterocycles. The van der Waals surface area contributed by atoms with Crippen molar-refractivity contribution < 1.29 is 9.59 Å². The molecule has 3 rings (SSSR count). The third kappa shape index (κ3) is 4.47. The van der Waals surface area contributed by atoms with E-state index in [0.29, 0.717) is 36.9 Å². The van der Waals surface area contributed by atoms with Gasteiger partial charge in [0.25, 0.3) is 11.5 Å². The molecule has 2 aromatic rings. The quantitative estimate of drug-likeness (QED) is 0.824. The van der Waals surface area contributed by atoms with Gasteiger partial charge < -0.3 is 10.2 Å². The molecule has 1 saturated heterocycles. The fourth-order valence-corrected chi connectivity index (χ4v) is 2.87. The van der Waals surface area contributed by atoms with Crippen LogP contribution >= 0.6 is 11.6 Å². The number of aromatic amines is 1. The Morgan fingerprint density at radius 2 is 1.85 bits per heavy atom. The maximum absolute atomic E-state index is 12.3. The molecule has 0 bridgehead atoms. The average molecular weight is 376 g/mol. The molecule has 8 nitrogen and oxygen atoms in total. The second kappa shape index (κ2) is 8.11.